The number of hydrogen-bond acceptors (Lipinski definition) is 3. The molecule has 1 aromatic rings. The van der Waals surface area contributed by atoms with Crippen molar-refractivity contribution >= 4 is 0 Å². The second-order valence-electron chi connectivity index (χ2n) is 2.58. The normalized spacial score (nSPS) is 9.31. The van der Waals surface area contributed by atoms with Gasteiger partial charge in [0, 0.05) is 6.07 Å². The van der Waals surface area contributed by atoms with E-state index in [0.29, 0.717) is 24.7 Å². The highest BCUT2D eigenvalue weighted by molar-refractivity contribution is 5.16. The summed E-state index contributed by atoms with van der Waals surface area (Å²) in [6.45, 7) is 8.92. The number of methoxy groups -OCH3 is 1. The van der Waals surface area contributed by atoms with Gasteiger partial charge in [-0.25, -0.2) is 11.6 Å². The van der Waals surface area contributed by atoms with Gasteiger partial charge in [0.05, 0.1) is 19.2 Å². The number of aryl methyl sites for hydroxylation is 1. The third-order valence-electron chi connectivity index (χ3n) is 1.56. The van der Waals surface area contributed by atoms with Crippen LogP contribution in [0.3, 0.4) is 0 Å². The second-order valence-corrected chi connectivity index (χ2v) is 2.58. The van der Waals surface area contributed by atoms with Crippen LogP contribution in [0.25, 0.3) is 4.85 Å². The van der Waals surface area contributed by atoms with Crippen molar-refractivity contribution < 1.29 is 4.74 Å². The molecule has 4 heteroatoms. The molecule has 4 nitrogen and oxygen atoms in total. The van der Waals surface area contributed by atoms with E-state index in [2.05, 4.69) is 14.8 Å². The summed E-state index contributed by atoms with van der Waals surface area (Å²) in [5.41, 5.74) is 0.861. The molecule has 0 atom stereocenters. The van der Waals surface area contributed by atoms with Crippen molar-refractivity contribution in [2.24, 2.45) is 0 Å². The Balaban J connectivity index is 2.83. The molecule has 68 valence electrons. The van der Waals surface area contributed by atoms with Crippen LogP contribution in [0.15, 0.2) is 6.07 Å². The zero-order valence-corrected chi connectivity index (χ0v) is 7.74. The van der Waals surface area contributed by atoms with Gasteiger partial charge in [-0.3, -0.25) is 0 Å². The van der Waals surface area contributed by atoms with Crippen molar-refractivity contribution in [3.63, 3.8) is 0 Å². The minimum absolute atomic E-state index is 0.458. The highest BCUT2D eigenvalue weighted by Crippen LogP contribution is 2.08. The number of ether oxygens (including phenoxy) is 1. The lowest BCUT2D eigenvalue weighted by Gasteiger charge is -2.01. The molecule has 1 heterocycles. The molecule has 0 aliphatic carbocycles. The summed E-state index contributed by atoms with van der Waals surface area (Å²) in [5.74, 6) is 1.24. The van der Waals surface area contributed by atoms with Crippen molar-refractivity contribution in [1.82, 2.24) is 9.97 Å². The van der Waals surface area contributed by atoms with Crippen LogP contribution in [0.4, 0.5) is 0 Å². The van der Waals surface area contributed by atoms with Crippen molar-refractivity contribution in [2.45, 2.75) is 13.3 Å². The molecule has 0 radical (unpaired) electrons. The maximum atomic E-state index is 6.65. The second kappa shape index (κ2) is 4.41. The molecule has 0 unspecified atom stereocenters. The van der Waals surface area contributed by atoms with Gasteiger partial charge in [-0.1, -0.05) is 0 Å². The number of aromatic nitrogens is 2. The predicted octanol–water partition coefficient (Wildman–Crippen LogP) is 1.26. The molecule has 1 aromatic heterocycles. The van der Waals surface area contributed by atoms with E-state index in [4.69, 9.17) is 11.3 Å². The summed E-state index contributed by atoms with van der Waals surface area (Å²) in [6, 6.07) is 1.76. The zero-order valence-electron chi connectivity index (χ0n) is 7.74. The average Bonchev–Trinajstić information content (AvgIpc) is 2.14. The fourth-order valence-electron chi connectivity index (χ4n) is 1.00. The third kappa shape index (κ3) is 2.71. The van der Waals surface area contributed by atoms with Crippen LogP contribution in [0.1, 0.15) is 11.5 Å². The first-order valence-corrected chi connectivity index (χ1v) is 3.98. The minimum Gasteiger partial charge on any atom is -0.481 e. The van der Waals surface area contributed by atoms with E-state index >= 15 is 0 Å². The average molecular weight is 177 g/mol. The molecule has 0 N–H and O–H groups in total. The van der Waals surface area contributed by atoms with E-state index < -0.39 is 0 Å². The first-order chi connectivity index (χ1) is 6.26. The van der Waals surface area contributed by atoms with Crippen molar-refractivity contribution in [1.29, 1.82) is 0 Å². The van der Waals surface area contributed by atoms with Crippen LogP contribution >= 0.6 is 0 Å². The van der Waals surface area contributed by atoms with Gasteiger partial charge in [0.1, 0.15) is 5.82 Å². The van der Waals surface area contributed by atoms with Crippen molar-refractivity contribution in [3.05, 3.63) is 29.0 Å². The van der Waals surface area contributed by atoms with E-state index in [0.717, 1.165) is 5.69 Å². The number of hydrogen-bond donors (Lipinski definition) is 0. The molecule has 0 bridgehead atoms. The van der Waals surface area contributed by atoms with Gasteiger partial charge < -0.3 is 9.58 Å². The molecule has 0 aliphatic rings. The highest BCUT2D eigenvalue weighted by atomic mass is 16.5. The maximum Gasteiger partial charge on any atom is 0.220 e. The van der Waals surface area contributed by atoms with Gasteiger partial charge in [-0.05, 0) is 6.92 Å². The van der Waals surface area contributed by atoms with Gasteiger partial charge >= 0.3 is 0 Å². The summed E-state index contributed by atoms with van der Waals surface area (Å²) < 4.78 is 4.99. The molecule has 0 saturated carbocycles. The summed E-state index contributed by atoms with van der Waals surface area (Å²) in [5, 5.41) is 0. The Morgan fingerprint density at radius 1 is 1.54 bits per heavy atom. The number of nitrogens with zero attached hydrogens (tertiary/aromatic N) is 3. The fraction of sp³-hybridized carbons (Fsp3) is 0.444. The van der Waals surface area contributed by atoms with Crippen LogP contribution in [0, 0.1) is 13.5 Å². The van der Waals surface area contributed by atoms with Gasteiger partial charge in [0.2, 0.25) is 12.4 Å². The number of rotatable bonds is 3. The van der Waals surface area contributed by atoms with Crippen LogP contribution in [-0.4, -0.2) is 23.6 Å². The smallest absolute Gasteiger partial charge is 0.220 e. The molecule has 0 aromatic carbocycles. The van der Waals surface area contributed by atoms with Crippen molar-refractivity contribution in [2.75, 3.05) is 13.7 Å². The van der Waals surface area contributed by atoms with E-state index in [-0.39, 0.29) is 0 Å². The van der Waals surface area contributed by atoms with E-state index in [1.54, 1.807) is 13.2 Å². The highest BCUT2D eigenvalue weighted by Gasteiger charge is 2.02. The van der Waals surface area contributed by atoms with Gasteiger partial charge in [0.15, 0.2) is 0 Å². The first-order valence-electron chi connectivity index (χ1n) is 3.98. The first kappa shape index (κ1) is 9.46. The monoisotopic (exact) mass is 177 g/mol. The Morgan fingerprint density at radius 2 is 2.31 bits per heavy atom. The standard InChI is InChI=1S/C9H11N3O/c1-7-11-8(4-5-10-2)6-9(12-7)13-3/h6H,4-5H2,1,3H3. The molecular formula is C9H11N3O. The van der Waals surface area contributed by atoms with E-state index in [9.17, 15) is 0 Å². The fourth-order valence-corrected chi connectivity index (χ4v) is 1.00. The Labute approximate surface area is 77.4 Å². The quantitative estimate of drug-likeness (QED) is 0.652. The topological polar surface area (TPSA) is 39.4 Å². The van der Waals surface area contributed by atoms with Crippen LogP contribution < -0.4 is 4.74 Å². The van der Waals surface area contributed by atoms with Crippen LogP contribution in [0.5, 0.6) is 5.88 Å². The van der Waals surface area contributed by atoms with E-state index in [1.165, 1.54) is 0 Å². The molecule has 0 saturated heterocycles. The Hall–Kier alpha value is -1.63. The molecule has 0 amide bonds. The van der Waals surface area contributed by atoms with Crippen molar-refractivity contribution in [3.8, 4) is 5.88 Å². The third-order valence-corrected chi connectivity index (χ3v) is 1.56. The Bertz CT molecular complexity index is 330. The van der Waals surface area contributed by atoms with Gasteiger partial charge in [0.25, 0.3) is 0 Å². The molecule has 0 spiro atoms. The largest absolute Gasteiger partial charge is 0.481 e. The van der Waals surface area contributed by atoms with Gasteiger partial charge in [-0.2, -0.15) is 4.98 Å². The molecular weight excluding hydrogens is 166 g/mol. The Morgan fingerprint density at radius 3 is 2.92 bits per heavy atom. The summed E-state index contributed by atoms with van der Waals surface area (Å²) in [6.07, 6.45) is 0.656. The Kier molecular flexibility index (Phi) is 3.21. The molecule has 1 rings (SSSR count). The predicted molar refractivity (Wildman–Crippen MR) is 48.5 cm³/mol. The SMILES string of the molecule is [C-]#[N+]CCc1cc(OC)nc(C)n1. The molecule has 0 aliphatic heterocycles. The van der Waals surface area contributed by atoms with Crippen LogP contribution in [0.2, 0.25) is 0 Å². The summed E-state index contributed by atoms with van der Waals surface area (Å²) >= 11 is 0. The molecule has 0 fully saturated rings. The zero-order chi connectivity index (χ0) is 9.68. The maximum absolute atomic E-state index is 6.65. The molecule has 13 heavy (non-hydrogen) atoms. The lowest BCUT2D eigenvalue weighted by molar-refractivity contribution is 0.394. The van der Waals surface area contributed by atoms with Gasteiger partial charge in [-0.15, -0.1) is 0 Å². The summed E-state index contributed by atoms with van der Waals surface area (Å²) in [4.78, 5) is 11.5. The lowest BCUT2D eigenvalue weighted by Crippen LogP contribution is -1.99. The summed E-state index contributed by atoms with van der Waals surface area (Å²) in [7, 11) is 1.57. The lowest BCUT2D eigenvalue weighted by atomic mass is 10.3. The van der Waals surface area contributed by atoms with Crippen LogP contribution in [-0.2, 0) is 6.42 Å². The minimum atomic E-state index is 0.458. The van der Waals surface area contributed by atoms with E-state index in [1.807, 2.05) is 6.92 Å².